The maximum Gasteiger partial charge on any atom is 0.350 e. The fraction of sp³-hybridized carbons (Fsp3) is 0. The summed E-state index contributed by atoms with van der Waals surface area (Å²) >= 11 is 2.07. The van der Waals surface area contributed by atoms with Crippen molar-refractivity contribution in [1.82, 2.24) is 4.37 Å². The second kappa shape index (κ2) is 3.47. The molecule has 2 aromatic rings. The normalized spacial score (nSPS) is 10.4. The highest BCUT2D eigenvalue weighted by Gasteiger charge is 2.20. The summed E-state index contributed by atoms with van der Waals surface area (Å²) in [5.41, 5.74) is 0.741. The van der Waals surface area contributed by atoms with Gasteiger partial charge in [-0.05, 0) is 23.0 Å². The summed E-state index contributed by atoms with van der Waals surface area (Å²) in [6.07, 6.45) is 0. The van der Waals surface area contributed by atoms with E-state index in [0.29, 0.717) is 17.1 Å². The first kappa shape index (κ1) is 9.29. The maximum absolute atomic E-state index is 13.4. The highest BCUT2D eigenvalue weighted by atomic mass is 32.1. The van der Waals surface area contributed by atoms with Gasteiger partial charge in [0.2, 0.25) is 0 Å². The van der Waals surface area contributed by atoms with Crippen LogP contribution in [0.3, 0.4) is 0 Å². The van der Waals surface area contributed by atoms with Gasteiger partial charge in [-0.3, -0.25) is 0 Å². The molecule has 2 rings (SSSR count). The molecule has 0 aliphatic rings. The zero-order valence-corrected chi connectivity index (χ0v) is 8.36. The Bertz CT molecular complexity index is 464. The van der Waals surface area contributed by atoms with Crippen molar-refractivity contribution in [2.24, 2.45) is 0 Å². The number of carbonyl (C=O) groups is 1. The van der Waals surface area contributed by atoms with Gasteiger partial charge in [-0.25, -0.2) is 9.18 Å². The second-order valence-electron chi connectivity index (χ2n) is 2.49. The summed E-state index contributed by atoms with van der Waals surface area (Å²) in [4.78, 5) is 10.2. The number of rotatable bonds is 2. The van der Waals surface area contributed by atoms with Crippen molar-refractivity contribution < 1.29 is 14.3 Å². The van der Waals surface area contributed by atoms with Crippen LogP contribution in [-0.2, 0) is 0 Å². The SMILES string of the molecule is O=C(O)c1snc(-c2ccsc2)c1F. The molecule has 1 N–H and O–H groups in total. The molecular weight excluding hydrogens is 225 g/mol. The number of aromatic nitrogens is 1. The van der Waals surface area contributed by atoms with Gasteiger partial charge in [0.15, 0.2) is 10.7 Å². The van der Waals surface area contributed by atoms with Gasteiger partial charge in [-0.15, -0.1) is 0 Å². The third-order valence-electron chi connectivity index (χ3n) is 1.62. The zero-order valence-electron chi connectivity index (χ0n) is 6.73. The predicted molar refractivity (Wildman–Crippen MR) is 52.3 cm³/mol. The third-order valence-corrected chi connectivity index (χ3v) is 3.12. The molecule has 0 aliphatic heterocycles. The second-order valence-corrected chi connectivity index (χ2v) is 4.04. The molecular formula is C8H4FNO2S2. The van der Waals surface area contributed by atoms with Crippen LogP contribution in [0.25, 0.3) is 11.3 Å². The molecule has 0 saturated heterocycles. The molecule has 2 heterocycles. The largest absolute Gasteiger partial charge is 0.477 e. The van der Waals surface area contributed by atoms with Gasteiger partial charge in [0.05, 0.1) is 0 Å². The lowest BCUT2D eigenvalue weighted by Gasteiger charge is -1.89. The number of nitrogens with zero attached hydrogens (tertiary/aromatic N) is 1. The Kier molecular flexibility index (Phi) is 2.30. The van der Waals surface area contributed by atoms with Crippen molar-refractivity contribution in [2.75, 3.05) is 0 Å². The van der Waals surface area contributed by atoms with E-state index in [4.69, 9.17) is 5.11 Å². The van der Waals surface area contributed by atoms with Crippen LogP contribution in [0, 0.1) is 5.82 Å². The smallest absolute Gasteiger partial charge is 0.350 e. The van der Waals surface area contributed by atoms with Crippen LogP contribution in [-0.4, -0.2) is 15.4 Å². The molecule has 2 aromatic heterocycles. The lowest BCUT2D eigenvalue weighted by atomic mass is 10.2. The van der Waals surface area contributed by atoms with Crippen LogP contribution in [0.5, 0.6) is 0 Å². The van der Waals surface area contributed by atoms with Gasteiger partial charge in [0.1, 0.15) is 5.69 Å². The first-order chi connectivity index (χ1) is 6.70. The molecule has 0 aromatic carbocycles. The van der Waals surface area contributed by atoms with Gasteiger partial charge in [-0.1, -0.05) is 0 Å². The van der Waals surface area contributed by atoms with Gasteiger partial charge < -0.3 is 5.11 Å². The first-order valence-electron chi connectivity index (χ1n) is 3.61. The fourth-order valence-electron chi connectivity index (χ4n) is 0.991. The van der Waals surface area contributed by atoms with E-state index >= 15 is 0 Å². The van der Waals surface area contributed by atoms with E-state index in [2.05, 4.69) is 4.37 Å². The Balaban J connectivity index is 2.52. The minimum atomic E-state index is -1.28. The number of carboxylic acid groups (broad SMARTS) is 1. The van der Waals surface area contributed by atoms with E-state index in [1.54, 1.807) is 16.8 Å². The van der Waals surface area contributed by atoms with E-state index in [9.17, 15) is 9.18 Å². The van der Waals surface area contributed by atoms with Gasteiger partial charge in [0, 0.05) is 10.9 Å². The van der Waals surface area contributed by atoms with E-state index in [-0.39, 0.29) is 10.6 Å². The number of hydrogen-bond acceptors (Lipinski definition) is 4. The molecule has 6 heteroatoms. The monoisotopic (exact) mass is 229 g/mol. The standard InChI is InChI=1S/C8H4FNO2S2/c9-5-6(4-1-2-13-3-4)10-14-7(5)8(11)12/h1-3H,(H,11,12). The lowest BCUT2D eigenvalue weighted by molar-refractivity contribution is 0.0698. The van der Waals surface area contributed by atoms with Crippen molar-refractivity contribution in [2.45, 2.75) is 0 Å². The average molecular weight is 229 g/mol. The Morgan fingerprint density at radius 3 is 2.86 bits per heavy atom. The van der Waals surface area contributed by atoms with Crippen molar-refractivity contribution in [3.05, 3.63) is 27.5 Å². The van der Waals surface area contributed by atoms with Gasteiger partial charge >= 0.3 is 5.97 Å². The number of carboxylic acids is 1. The summed E-state index contributed by atoms with van der Waals surface area (Å²) in [6.45, 7) is 0. The summed E-state index contributed by atoms with van der Waals surface area (Å²) in [6, 6.07) is 1.70. The molecule has 0 fully saturated rings. The van der Waals surface area contributed by atoms with Crippen LogP contribution in [0.15, 0.2) is 16.8 Å². The molecule has 0 radical (unpaired) electrons. The van der Waals surface area contributed by atoms with Crippen LogP contribution < -0.4 is 0 Å². The third kappa shape index (κ3) is 1.42. The molecule has 0 unspecified atom stereocenters. The Morgan fingerprint density at radius 2 is 2.36 bits per heavy atom. The van der Waals surface area contributed by atoms with Gasteiger partial charge in [0.25, 0.3) is 0 Å². The molecule has 72 valence electrons. The zero-order chi connectivity index (χ0) is 10.1. The molecule has 0 bridgehead atoms. The topological polar surface area (TPSA) is 50.2 Å². The summed E-state index contributed by atoms with van der Waals surface area (Å²) in [5.74, 6) is -2.03. The molecule has 0 amide bonds. The van der Waals surface area contributed by atoms with Crippen molar-refractivity contribution in [3.63, 3.8) is 0 Å². The highest BCUT2D eigenvalue weighted by molar-refractivity contribution is 7.09. The Morgan fingerprint density at radius 1 is 1.57 bits per heavy atom. The number of hydrogen-bond donors (Lipinski definition) is 1. The van der Waals surface area contributed by atoms with Crippen LogP contribution in [0.2, 0.25) is 0 Å². The number of thiophene rings is 1. The highest BCUT2D eigenvalue weighted by Crippen LogP contribution is 2.28. The Hall–Kier alpha value is -1.27. The Labute approximate surface area is 86.6 Å². The molecule has 0 spiro atoms. The fourth-order valence-corrected chi connectivity index (χ4v) is 2.25. The van der Waals surface area contributed by atoms with Crippen molar-refractivity contribution >= 4 is 28.8 Å². The molecule has 14 heavy (non-hydrogen) atoms. The summed E-state index contributed by atoms with van der Waals surface area (Å²) in [5, 5.41) is 12.1. The van der Waals surface area contributed by atoms with Crippen molar-refractivity contribution in [1.29, 1.82) is 0 Å². The minimum absolute atomic E-state index is 0.119. The van der Waals surface area contributed by atoms with E-state index in [0.717, 1.165) is 0 Å². The van der Waals surface area contributed by atoms with Gasteiger partial charge in [-0.2, -0.15) is 15.7 Å². The van der Waals surface area contributed by atoms with Crippen LogP contribution >= 0.6 is 22.9 Å². The predicted octanol–water partition coefficient (Wildman–Crippen LogP) is 2.71. The lowest BCUT2D eigenvalue weighted by Crippen LogP contribution is -1.95. The van der Waals surface area contributed by atoms with Crippen molar-refractivity contribution in [3.8, 4) is 11.3 Å². The van der Waals surface area contributed by atoms with E-state index in [1.807, 2.05) is 0 Å². The van der Waals surface area contributed by atoms with Crippen LogP contribution in [0.1, 0.15) is 9.67 Å². The number of halogens is 1. The molecule has 0 atom stereocenters. The minimum Gasteiger partial charge on any atom is -0.477 e. The maximum atomic E-state index is 13.4. The first-order valence-corrected chi connectivity index (χ1v) is 5.33. The molecule has 0 aliphatic carbocycles. The summed E-state index contributed by atoms with van der Waals surface area (Å²) < 4.78 is 17.2. The van der Waals surface area contributed by atoms with E-state index < -0.39 is 11.8 Å². The molecule has 3 nitrogen and oxygen atoms in total. The molecule has 0 saturated carbocycles. The quantitative estimate of drug-likeness (QED) is 0.861. The number of aromatic carboxylic acids is 1. The summed E-state index contributed by atoms with van der Waals surface area (Å²) in [7, 11) is 0. The average Bonchev–Trinajstić information content (AvgIpc) is 2.71. The van der Waals surface area contributed by atoms with Crippen LogP contribution in [0.4, 0.5) is 4.39 Å². The van der Waals surface area contributed by atoms with E-state index in [1.165, 1.54) is 11.3 Å².